The molecule has 0 saturated carbocycles. The van der Waals surface area contributed by atoms with Gasteiger partial charge in [0.2, 0.25) is 11.9 Å². The fraction of sp³-hybridized carbons (Fsp3) is 0.357. The summed E-state index contributed by atoms with van der Waals surface area (Å²) in [6, 6.07) is 8.29. The van der Waals surface area contributed by atoms with Crippen molar-refractivity contribution in [1.29, 1.82) is 0 Å². The molecule has 110 valence electrons. The Hall–Kier alpha value is -2.57. The van der Waals surface area contributed by atoms with Crippen LogP contribution in [0.15, 0.2) is 24.3 Å². The molecule has 1 aliphatic rings. The summed E-state index contributed by atoms with van der Waals surface area (Å²) in [5, 5.41) is 2.92. The number of rotatable bonds is 3. The van der Waals surface area contributed by atoms with Crippen LogP contribution in [0.1, 0.15) is 5.56 Å². The van der Waals surface area contributed by atoms with Gasteiger partial charge in [-0.3, -0.25) is 0 Å². The summed E-state index contributed by atoms with van der Waals surface area (Å²) >= 11 is 0. The predicted octanol–water partition coefficient (Wildman–Crippen LogP) is 1.32. The van der Waals surface area contributed by atoms with Gasteiger partial charge in [-0.05, 0) is 6.07 Å². The number of benzene rings is 1. The lowest BCUT2D eigenvalue weighted by Crippen LogP contribution is -2.27. The lowest BCUT2D eigenvalue weighted by molar-refractivity contribution is 0.330. The highest BCUT2D eigenvalue weighted by Gasteiger charge is 2.19. The Kier molecular flexibility index (Phi) is 3.72. The van der Waals surface area contributed by atoms with Gasteiger partial charge in [-0.15, -0.1) is 0 Å². The number of aromatic nitrogens is 3. The zero-order valence-corrected chi connectivity index (χ0v) is 12.0. The summed E-state index contributed by atoms with van der Waals surface area (Å²) in [5.74, 6) is 1.97. The normalized spacial score (nSPS) is 13.9. The molecular formula is C14H17N5O2. The van der Waals surface area contributed by atoms with Crippen molar-refractivity contribution < 1.29 is 9.47 Å². The van der Waals surface area contributed by atoms with Crippen LogP contribution in [0.5, 0.6) is 11.8 Å². The van der Waals surface area contributed by atoms with Gasteiger partial charge in [-0.2, -0.15) is 15.0 Å². The molecule has 0 spiro atoms. The van der Waals surface area contributed by atoms with Crippen LogP contribution in [0, 0.1) is 0 Å². The fourth-order valence-electron chi connectivity index (χ4n) is 2.19. The van der Waals surface area contributed by atoms with Gasteiger partial charge in [0.1, 0.15) is 12.4 Å². The molecule has 0 saturated heterocycles. The predicted molar refractivity (Wildman–Crippen MR) is 78.9 cm³/mol. The van der Waals surface area contributed by atoms with Gasteiger partial charge >= 0.3 is 6.01 Å². The Morgan fingerprint density at radius 1 is 1.24 bits per heavy atom. The van der Waals surface area contributed by atoms with E-state index in [1.165, 1.54) is 0 Å². The van der Waals surface area contributed by atoms with E-state index in [9.17, 15) is 0 Å². The molecule has 7 nitrogen and oxygen atoms in total. The van der Waals surface area contributed by atoms with E-state index in [0.717, 1.165) is 11.3 Å². The highest BCUT2D eigenvalue weighted by molar-refractivity contribution is 5.43. The van der Waals surface area contributed by atoms with Gasteiger partial charge in [0.05, 0.1) is 13.7 Å². The maximum Gasteiger partial charge on any atom is 0.322 e. The van der Waals surface area contributed by atoms with Crippen molar-refractivity contribution in [2.45, 2.75) is 6.54 Å². The Morgan fingerprint density at radius 3 is 2.90 bits per heavy atom. The molecule has 1 aliphatic heterocycles. The van der Waals surface area contributed by atoms with Crippen molar-refractivity contribution in [2.24, 2.45) is 0 Å². The Labute approximate surface area is 123 Å². The molecular weight excluding hydrogens is 270 g/mol. The molecule has 0 amide bonds. The molecule has 0 unspecified atom stereocenters. The number of nitrogens with zero attached hydrogens (tertiary/aromatic N) is 4. The maximum absolute atomic E-state index is 5.75. The van der Waals surface area contributed by atoms with Crippen molar-refractivity contribution in [2.75, 3.05) is 37.5 Å². The number of nitrogens with one attached hydrogen (secondary N) is 1. The van der Waals surface area contributed by atoms with Crippen LogP contribution < -0.4 is 19.7 Å². The molecule has 0 fully saturated rings. The summed E-state index contributed by atoms with van der Waals surface area (Å²) in [4.78, 5) is 14.9. The van der Waals surface area contributed by atoms with Gasteiger partial charge in [0.25, 0.3) is 0 Å². The van der Waals surface area contributed by atoms with Gasteiger partial charge in [-0.1, -0.05) is 18.2 Å². The van der Waals surface area contributed by atoms with Crippen LogP contribution in [0.2, 0.25) is 0 Å². The minimum Gasteiger partial charge on any atom is -0.491 e. The van der Waals surface area contributed by atoms with Crippen LogP contribution in [0.3, 0.4) is 0 Å². The zero-order chi connectivity index (χ0) is 14.7. The summed E-state index contributed by atoms with van der Waals surface area (Å²) in [6.45, 7) is 1.97. The lowest BCUT2D eigenvalue weighted by Gasteiger charge is -2.20. The van der Waals surface area contributed by atoms with Crippen LogP contribution in [0.25, 0.3) is 0 Å². The third-order valence-electron chi connectivity index (χ3n) is 3.24. The number of fused-ring (bicyclic) bond motifs is 1. The second-order valence-corrected chi connectivity index (χ2v) is 4.57. The molecule has 0 radical (unpaired) electrons. The maximum atomic E-state index is 5.75. The van der Waals surface area contributed by atoms with E-state index < -0.39 is 0 Å². The van der Waals surface area contributed by atoms with E-state index in [2.05, 4.69) is 25.2 Å². The number of hydrogen-bond donors (Lipinski definition) is 1. The number of anilines is 2. The molecule has 1 N–H and O–H groups in total. The first kappa shape index (κ1) is 13.4. The van der Waals surface area contributed by atoms with E-state index >= 15 is 0 Å². The third-order valence-corrected chi connectivity index (χ3v) is 3.24. The average Bonchev–Trinajstić information content (AvgIpc) is 2.76. The van der Waals surface area contributed by atoms with E-state index in [4.69, 9.17) is 9.47 Å². The molecule has 3 rings (SSSR count). The average molecular weight is 287 g/mol. The summed E-state index contributed by atoms with van der Waals surface area (Å²) < 4.78 is 10.9. The Morgan fingerprint density at radius 2 is 2.10 bits per heavy atom. The van der Waals surface area contributed by atoms with Crippen molar-refractivity contribution in [3.05, 3.63) is 29.8 Å². The fourth-order valence-corrected chi connectivity index (χ4v) is 2.19. The minimum absolute atomic E-state index is 0.294. The van der Waals surface area contributed by atoms with E-state index in [0.29, 0.717) is 37.6 Å². The number of hydrogen-bond acceptors (Lipinski definition) is 7. The first-order valence-electron chi connectivity index (χ1n) is 6.73. The standard InChI is InChI=1S/C14H17N5O2/c1-15-12-16-13(18-14(17-12)20-2)19-7-8-21-11-6-4-3-5-10(11)9-19/h3-6H,7-9H2,1-2H3,(H,15,16,17,18). The van der Waals surface area contributed by atoms with Crippen molar-refractivity contribution in [3.8, 4) is 11.8 Å². The molecule has 2 aromatic rings. The second-order valence-electron chi connectivity index (χ2n) is 4.57. The lowest BCUT2D eigenvalue weighted by atomic mass is 10.2. The SMILES string of the molecule is CNc1nc(OC)nc(N2CCOc3ccccc3C2)n1. The zero-order valence-electron chi connectivity index (χ0n) is 12.0. The molecule has 21 heavy (non-hydrogen) atoms. The topological polar surface area (TPSA) is 72.4 Å². The van der Waals surface area contributed by atoms with Crippen molar-refractivity contribution in [1.82, 2.24) is 15.0 Å². The van der Waals surface area contributed by atoms with Gasteiger partial charge in [0.15, 0.2) is 0 Å². The van der Waals surface area contributed by atoms with Crippen LogP contribution in [-0.2, 0) is 6.54 Å². The summed E-state index contributed by atoms with van der Waals surface area (Å²) in [7, 11) is 3.30. The molecule has 1 aromatic carbocycles. The Bertz CT molecular complexity index is 612. The Balaban J connectivity index is 1.93. The van der Waals surface area contributed by atoms with Crippen LogP contribution in [0.4, 0.5) is 11.9 Å². The van der Waals surface area contributed by atoms with Crippen molar-refractivity contribution in [3.63, 3.8) is 0 Å². The van der Waals surface area contributed by atoms with Gasteiger partial charge in [-0.25, -0.2) is 0 Å². The van der Waals surface area contributed by atoms with E-state index in [1.807, 2.05) is 24.3 Å². The van der Waals surface area contributed by atoms with Crippen LogP contribution >= 0.6 is 0 Å². The summed E-state index contributed by atoms with van der Waals surface area (Å²) in [6.07, 6.45) is 0. The van der Waals surface area contributed by atoms with Gasteiger partial charge in [0, 0.05) is 19.2 Å². The third kappa shape index (κ3) is 2.81. The summed E-state index contributed by atoms with van der Waals surface area (Å²) in [5.41, 5.74) is 1.11. The molecule has 1 aromatic heterocycles. The molecule has 0 atom stereocenters. The molecule has 7 heteroatoms. The molecule has 2 heterocycles. The quantitative estimate of drug-likeness (QED) is 0.912. The largest absolute Gasteiger partial charge is 0.491 e. The molecule has 0 aliphatic carbocycles. The van der Waals surface area contributed by atoms with Crippen molar-refractivity contribution >= 4 is 11.9 Å². The van der Waals surface area contributed by atoms with E-state index in [1.54, 1.807) is 14.2 Å². The highest BCUT2D eigenvalue weighted by atomic mass is 16.5. The van der Waals surface area contributed by atoms with Gasteiger partial charge < -0.3 is 19.7 Å². The van der Waals surface area contributed by atoms with E-state index in [-0.39, 0.29) is 0 Å². The number of methoxy groups -OCH3 is 1. The van der Waals surface area contributed by atoms with Crippen LogP contribution in [-0.4, -0.2) is 42.3 Å². The smallest absolute Gasteiger partial charge is 0.322 e. The highest BCUT2D eigenvalue weighted by Crippen LogP contribution is 2.25. The monoisotopic (exact) mass is 287 g/mol. The minimum atomic E-state index is 0.294. The number of ether oxygens (including phenoxy) is 2. The number of para-hydroxylation sites is 1. The second kappa shape index (κ2) is 5.82. The molecule has 0 bridgehead atoms. The first-order valence-corrected chi connectivity index (χ1v) is 6.73. The first-order chi connectivity index (χ1) is 10.3.